The normalized spacial score (nSPS) is 14.7. The van der Waals surface area contributed by atoms with Crippen LogP contribution in [0.3, 0.4) is 0 Å². The molecule has 1 aliphatic rings. The molecular weight excluding hydrogens is 502 g/mol. The van der Waals surface area contributed by atoms with Crippen LogP contribution in [0.25, 0.3) is 6.08 Å². The average molecular weight is 526 g/mol. The number of carbonyl (C=O) groups excluding carboxylic acids is 1. The van der Waals surface area contributed by atoms with Crippen LogP contribution < -0.4 is 19.4 Å². The molecule has 0 unspecified atom stereocenters. The van der Waals surface area contributed by atoms with Gasteiger partial charge in [-0.05, 0) is 47.4 Å². The van der Waals surface area contributed by atoms with E-state index in [0.717, 1.165) is 28.6 Å². The molecule has 10 heteroatoms. The van der Waals surface area contributed by atoms with E-state index in [2.05, 4.69) is 15.3 Å². The molecule has 0 fully saturated rings. The molecule has 9 nitrogen and oxygen atoms in total. The zero-order valence-corrected chi connectivity index (χ0v) is 21.2. The number of para-hydroxylation sites is 1. The van der Waals surface area contributed by atoms with Crippen molar-refractivity contribution in [3.63, 3.8) is 0 Å². The molecule has 0 aliphatic carbocycles. The maximum atomic E-state index is 13.4. The third-order valence-electron chi connectivity index (χ3n) is 5.40. The minimum Gasteiger partial charge on any atom is -0.861 e. The Balaban J connectivity index is 1.32. The predicted molar refractivity (Wildman–Crippen MR) is 144 cm³/mol. The number of thioether (sulfide) groups is 1. The summed E-state index contributed by atoms with van der Waals surface area (Å²) in [5.74, 6) is 0.0927. The Kier molecular flexibility index (Phi) is 7.60. The number of aliphatic imine (C=N–C) groups is 2. The van der Waals surface area contributed by atoms with Crippen LogP contribution in [0, 0.1) is 0 Å². The van der Waals surface area contributed by atoms with E-state index in [4.69, 9.17) is 9.26 Å². The second kappa shape index (κ2) is 11.6. The highest BCUT2D eigenvalue weighted by atomic mass is 32.2. The second-order valence-electron chi connectivity index (χ2n) is 8.25. The topological polar surface area (TPSA) is 107 Å². The molecule has 38 heavy (non-hydrogen) atoms. The van der Waals surface area contributed by atoms with Crippen molar-refractivity contribution in [2.45, 2.75) is 6.61 Å². The lowest BCUT2D eigenvalue weighted by Crippen LogP contribution is -2.31. The van der Waals surface area contributed by atoms with Crippen LogP contribution in [0.4, 0.5) is 11.6 Å². The summed E-state index contributed by atoms with van der Waals surface area (Å²) in [7, 11) is 1.66. The van der Waals surface area contributed by atoms with Gasteiger partial charge in [-0.2, -0.15) is 0 Å². The summed E-state index contributed by atoms with van der Waals surface area (Å²) in [4.78, 5) is 23.3. The number of anilines is 1. The Hall–Kier alpha value is -4.70. The number of nitrogens with zero attached hydrogens (tertiary/aromatic N) is 5. The van der Waals surface area contributed by atoms with Gasteiger partial charge in [0.2, 0.25) is 0 Å². The van der Waals surface area contributed by atoms with Gasteiger partial charge in [0.25, 0.3) is 12.1 Å². The number of aryl methyl sites for hydroxylation is 1. The molecule has 0 N–H and O–H groups in total. The first-order valence-electron chi connectivity index (χ1n) is 11.7. The Morgan fingerprint density at radius 2 is 1.79 bits per heavy atom. The summed E-state index contributed by atoms with van der Waals surface area (Å²) >= 11 is 1.13. The van der Waals surface area contributed by atoms with Crippen molar-refractivity contribution >= 4 is 46.4 Å². The molecule has 2 heterocycles. The van der Waals surface area contributed by atoms with E-state index < -0.39 is 5.90 Å². The van der Waals surface area contributed by atoms with Gasteiger partial charge >= 0.3 is 5.88 Å². The molecule has 5 rings (SSSR count). The molecule has 1 aromatic heterocycles. The molecule has 0 saturated carbocycles. The van der Waals surface area contributed by atoms with Crippen LogP contribution in [0.15, 0.2) is 111 Å². The van der Waals surface area contributed by atoms with Crippen molar-refractivity contribution in [2.75, 3.05) is 10.7 Å². The lowest BCUT2D eigenvalue weighted by atomic mass is 10.2. The van der Waals surface area contributed by atoms with Crippen LogP contribution in [-0.2, 0) is 18.4 Å². The quantitative estimate of drug-likeness (QED) is 0.150. The summed E-state index contributed by atoms with van der Waals surface area (Å²) in [6.07, 6.45) is 3.21. The molecule has 0 saturated heterocycles. The van der Waals surface area contributed by atoms with Crippen LogP contribution in [-0.4, -0.2) is 28.0 Å². The molecule has 0 atom stereocenters. The molecule has 190 valence electrons. The van der Waals surface area contributed by atoms with Crippen molar-refractivity contribution in [3.8, 4) is 5.75 Å². The van der Waals surface area contributed by atoms with Gasteiger partial charge in [0.05, 0.1) is 5.69 Å². The van der Waals surface area contributed by atoms with Gasteiger partial charge in [-0.1, -0.05) is 77.1 Å². The Bertz CT molecular complexity index is 1500. The third kappa shape index (κ3) is 6.16. The van der Waals surface area contributed by atoms with Crippen molar-refractivity contribution in [2.24, 2.45) is 17.0 Å². The first-order valence-corrected chi connectivity index (χ1v) is 12.7. The highest BCUT2D eigenvalue weighted by Gasteiger charge is 2.31. The number of amidine groups is 1. The fraction of sp³-hybridized carbons (Fsp3) is 0.107. The number of ether oxygens (including phenoxy) is 1. The number of aromatic nitrogens is 2. The van der Waals surface area contributed by atoms with Crippen molar-refractivity contribution in [3.05, 3.63) is 108 Å². The van der Waals surface area contributed by atoms with Gasteiger partial charge in [0.1, 0.15) is 18.1 Å². The largest absolute Gasteiger partial charge is 0.861 e. The Labute approximate surface area is 223 Å². The fourth-order valence-electron chi connectivity index (χ4n) is 3.60. The molecular formula is C28H23N5O4S. The van der Waals surface area contributed by atoms with Crippen LogP contribution in [0.1, 0.15) is 11.1 Å². The summed E-state index contributed by atoms with van der Waals surface area (Å²) in [6, 6.07) is 26.5. The zero-order chi connectivity index (χ0) is 26.3. The van der Waals surface area contributed by atoms with E-state index in [1.165, 1.54) is 15.8 Å². The number of carbonyl (C=O) groups is 1. The fourth-order valence-corrected chi connectivity index (χ4v) is 4.40. The van der Waals surface area contributed by atoms with Gasteiger partial charge in [-0.15, -0.1) is 0 Å². The standard InChI is InChI=1S/C28H23N5O4S/c1-32-17-26(37-31-32)30-25(34)19-38-28-29-24(27(35)33(28)22-10-6-3-7-11-22)16-20-12-14-23(15-13-20)36-18-21-8-4-2-5-9-21/h2-17H,18-19H2,1H3/b24-16+. The number of hydrogen-bond donors (Lipinski definition) is 0. The van der Waals surface area contributed by atoms with E-state index in [1.807, 2.05) is 84.9 Å². The van der Waals surface area contributed by atoms with E-state index in [-0.39, 0.29) is 23.2 Å². The van der Waals surface area contributed by atoms with Gasteiger partial charge in [0, 0.05) is 5.75 Å². The summed E-state index contributed by atoms with van der Waals surface area (Å²) in [5, 5.41) is 16.4. The first kappa shape index (κ1) is 25.0. The zero-order valence-electron chi connectivity index (χ0n) is 20.4. The van der Waals surface area contributed by atoms with Crippen LogP contribution >= 0.6 is 11.8 Å². The molecule has 0 spiro atoms. The first-order chi connectivity index (χ1) is 18.5. The van der Waals surface area contributed by atoms with Crippen LogP contribution in [0.5, 0.6) is 5.75 Å². The van der Waals surface area contributed by atoms with E-state index in [0.29, 0.717) is 17.5 Å². The SMILES string of the molecule is C[n+]1cc(/N=C(\[O-])CSC2=N/C(=C/c3ccc(OCc4ccccc4)cc3)C(=O)N2c2ccccc2)on1. The lowest BCUT2D eigenvalue weighted by molar-refractivity contribution is -0.739. The van der Waals surface area contributed by atoms with E-state index in [9.17, 15) is 9.90 Å². The van der Waals surface area contributed by atoms with Gasteiger partial charge < -0.3 is 9.84 Å². The maximum Gasteiger partial charge on any atom is 0.320 e. The molecule has 0 radical (unpaired) electrons. The van der Waals surface area contributed by atoms with E-state index >= 15 is 0 Å². The average Bonchev–Trinajstić information content (AvgIpc) is 3.49. The Morgan fingerprint density at radius 1 is 1.08 bits per heavy atom. The third-order valence-corrected chi connectivity index (χ3v) is 6.32. The highest BCUT2D eigenvalue weighted by Crippen LogP contribution is 2.29. The summed E-state index contributed by atoms with van der Waals surface area (Å²) in [5.41, 5.74) is 2.80. The van der Waals surface area contributed by atoms with Gasteiger partial charge in [0.15, 0.2) is 17.5 Å². The monoisotopic (exact) mass is 525 g/mol. The minimum absolute atomic E-state index is 0.0272. The van der Waals surface area contributed by atoms with Crippen molar-refractivity contribution in [1.82, 2.24) is 5.27 Å². The molecule has 0 bridgehead atoms. The van der Waals surface area contributed by atoms with Gasteiger partial charge in [-0.3, -0.25) is 14.2 Å². The lowest BCUT2D eigenvalue weighted by Gasteiger charge is -2.18. The number of benzene rings is 3. The predicted octanol–water partition coefficient (Wildman–Crippen LogP) is 3.65. The summed E-state index contributed by atoms with van der Waals surface area (Å²) < 4.78 is 12.2. The molecule has 1 aliphatic heterocycles. The maximum absolute atomic E-state index is 13.4. The highest BCUT2D eigenvalue weighted by molar-refractivity contribution is 8.14. The number of hydrogen-bond acceptors (Lipinski definition) is 8. The van der Waals surface area contributed by atoms with Gasteiger partial charge in [-0.25, -0.2) is 9.98 Å². The Morgan fingerprint density at radius 3 is 2.47 bits per heavy atom. The van der Waals surface area contributed by atoms with Crippen molar-refractivity contribution < 1.29 is 23.8 Å². The molecule has 3 aromatic carbocycles. The smallest absolute Gasteiger partial charge is 0.320 e. The summed E-state index contributed by atoms with van der Waals surface area (Å²) in [6.45, 7) is 0.469. The molecule has 1 amide bonds. The van der Waals surface area contributed by atoms with Crippen LogP contribution in [0.2, 0.25) is 0 Å². The van der Waals surface area contributed by atoms with Crippen molar-refractivity contribution in [1.29, 1.82) is 0 Å². The van der Waals surface area contributed by atoms with E-state index in [1.54, 1.807) is 13.1 Å². The number of rotatable bonds is 8. The number of amides is 1. The molecule has 4 aromatic rings. The minimum atomic E-state index is -0.432. The second-order valence-corrected chi connectivity index (χ2v) is 9.19.